The van der Waals surface area contributed by atoms with E-state index < -0.39 is 0 Å². The summed E-state index contributed by atoms with van der Waals surface area (Å²) in [7, 11) is 0. The second-order valence-electron chi connectivity index (χ2n) is 5.61. The molecule has 1 N–H and O–H groups in total. The number of benzene rings is 1. The van der Waals surface area contributed by atoms with Gasteiger partial charge in [-0.1, -0.05) is 22.0 Å². The molecule has 0 saturated heterocycles. The monoisotopic (exact) mass is 382 g/mol. The number of halogens is 1. The van der Waals surface area contributed by atoms with Crippen LogP contribution >= 0.6 is 15.9 Å². The first-order valence-electron chi connectivity index (χ1n) is 7.54. The molecule has 4 rings (SSSR count). The highest BCUT2D eigenvalue weighted by Crippen LogP contribution is 2.32. The van der Waals surface area contributed by atoms with Gasteiger partial charge in [0.2, 0.25) is 0 Å². The molecule has 0 fully saturated rings. The summed E-state index contributed by atoms with van der Waals surface area (Å²) in [5, 5.41) is 3.45. The second-order valence-corrected chi connectivity index (χ2v) is 6.47. The highest BCUT2D eigenvalue weighted by Gasteiger charge is 2.17. The van der Waals surface area contributed by atoms with Crippen molar-refractivity contribution in [3.63, 3.8) is 0 Å². The molecule has 5 nitrogen and oxygen atoms in total. The molecule has 0 aliphatic rings. The Kier molecular flexibility index (Phi) is 3.61. The lowest BCUT2D eigenvalue weighted by Gasteiger charge is -2.09. The van der Waals surface area contributed by atoms with Crippen molar-refractivity contribution in [3.05, 3.63) is 64.7 Å². The Morgan fingerprint density at radius 1 is 1.17 bits per heavy atom. The van der Waals surface area contributed by atoms with E-state index in [-0.39, 0.29) is 0 Å². The van der Waals surface area contributed by atoms with Crippen molar-refractivity contribution >= 4 is 33.1 Å². The van der Waals surface area contributed by atoms with Gasteiger partial charge in [-0.2, -0.15) is 0 Å². The van der Waals surface area contributed by atoms with E-state index in [1.165, 1.54) is 5.56 Å². The minimum Gasteiger partial charge on any atom is -0.460 e. The lowest BCUT2D eigenvalue weighted by Crippen LogP contribution is -1.97. The molecule has 0 bridgehead atoms. The summed E-state index contributed by atoms with van der Waals surface area (Å²) in [4.78, 5) is 8.81. The number of aromatic nitrogens is 3. The number of nitrogens with one attached hydrogen (secondary N) is 1. The molecule has 6 heteroatoms. The third-order valence-electron chi connectivity index (χ3n) is 3.84. The van der Waals surface area contributed by atoms with Crippen molar-refractivity contribution in [2.24, 2.45) is 0 Å². The maximum atomic E-state index is 5.77. The molecule has 4 aromatic rings. The van der Waals surface area contributed by atoms with Gasteiger partial charge < -0.3 is 9.73 Å². The summed E-state index contributed by atoms with van der Waals surface area (Å²) in [5.74, 6) is 2.42. The summed E-state index contributed by atoms with van der Waals surface area (Å²) >= 11 is 3.58. The van der Waals surface area contributed by atoms with Gasteiger partial charge in [0.15, 0.2) is 11.4 Å². The predicted molar refractivity (Wildman–Crippen MR) is 97.6 cm³/mol. The second kappa shape index (κ2) is 5.79. The van der Waals surface area contributed by atoms with Crippen LogP contribution in [0.15, 0.2) is 57.8 Å². The number of hydrogen-bond donors (Lipinski definition) is 1. The first-order valence-corrected chi connectivity index (χ1v) is 8.33. The Labute approximate surface area is 147 Å². The lowest BCUT2D eigenvalue weighted by atomic mass is 10.2. The average Bonchev–Trinajstić information content (AvgIpc) is 3.15. The standard InChI is InChI=1S/C18H15BrN4O/c1-11-3-5-13(9-14(11)19)21-18-17(15-6-4-12(2)24-15)22-16-10-20-7-8-23(16)18/h3-10,21H,1-2H3. The predicted octanol–water partition coefficient (Wildman–Crippen LogP) is 5.11. The number of rotatable bonds is 3. The van der Waals surface area contributed by atoms with Gasteiger partial charge in [0.25, 0.3) is 0 Å². The van der Waals surface area contributed by atoms with Crippen LogP contribution in [-0.2, 0) is 0 Å². The Balaban J connectivity index is 1.87. The molecule has 3 heterocycles. The maximum Gasteiger partial charge on any atom is 0.157 e. The van der Waals surface area contributed by atoms with Crippen molar-refractivity contribution in [2.75, 3.05) is 5.32 Å². The van der Waals surface area contributed by atoms with Crippen LogP contribution < -0.4 is 5.32 Å². The van der Waals surface area contributed by atoms with Gasteiger partial charge in [-0.3, -0.25) is 9.38 Å². The molecule has 3 aromatic heterocycles. The van der Waals surface area contributed by atoms with E-state index >= 15 is 0 Å². The lowest BCUT2D eigenvalue weighted by molar-refractivity contribution is 0.547. The van der Waals surface area contributed by atoms with Gasteiger partial charge in [-0.15, -0.1) is 0 Å². The SMILES string of the molecule is Cc1ccc(-c2nc3cnccn3c2Nc2ccc(C)c(Br)c2)o1. The van der Waals surface area contributed by atoms with Gasteiger partial charge in [0.1, 0.15) is 17.3 Å². The molecule has 0 aliphatic carbocycles. The molecule has 0 spiro atoms. The Morgan fingerprint density at radius 2 is 2.04 bits per heavy atom. The highest BCUT2D eigenvalue weighted by atomic mass is 79.9. The third kappa shape index (κ3) is 2.59. The van der Waals surface area contributed by atoms with Crippen molar-refractivity contribution in [2.45, 2.75) is 13.8 Å². The molecule has 1 aromatic carbocycles. The van der Waals surface area contributed by atoms with Gasteiger partial charge in [0, 0.05) is 22.6 Å². The van der Waals surface area contributed by atoms with Gasteiger partial charge in [-0.05, 0) is 43.7 Å². The molecular weight excluding hydrogens is 368 g/mol. The average molecular weight is 383 g/mol. The molecule has 0 atom stereocenters. The normalized spacial score (nSPS) is 11.1. The minimum absolute atomic E-state index is 0.727. The summed E-state index contributed by atoms with van der Waals surface area (Å²) in [6.45, 7) is 3.98. The summed E-state index contributed by atoms with van der Waals surface area (Å²) in [5.41, 5.74) is 3.67. The van der Waals surface area contributed by atoms with E-state index in [0.717, 1.165) is 38.8 Å². The Bertz CT molecular complexity index is 1030. The van der Waals surface area contributed by atoms with Crippen LogP contribution in [0.5, 0.6) is 0 Å². The number of furan rings is 1. The van der Waals surface area contributed by atoms with Crippen LogP contribution in [0.1, 0.15) is 11.3 Å². The quantitative estimate of drug-likeness (QED) is 0.534. The van der Waals surface area contributed by atoms with Crippen LogP contribution in [0.4, 0.5) is 11.5 Å². The van der Waals surface area contributed by atoms with Crippen LogP contribution in [-0.4, -0.2) is 14.4 Å². The summed E-state index contributed by atoms with van der Waals surface area (Å²) < 4.78 is 8.80. The summed E-state index contributed by atoms with van der Waals surface area (Å²) in [6, 6.07) is 10.0. The topological polar surface area (TPSA) is 55.4 Å². The van der Waals surface area contributed by atoms with Gasteiger partial charge >= 0.3 is 0 Å². The number of anilines is 2. The fourth-order valence-electron chi connectivity index (χ4n) is 2.57. The zero-order chi connectivity index (χ0) is 16.7. The molecular formula is C18H15BrN4O. The van der Waals surface area contributed by atoms with Crippen molar-refractivity contribution in [1.29, 1.82) is 0 Å². The zero-order valence-corrected chi connectivity index (χ0v) is 14.8. The largest absolute Gasteiger partial charge is 0.460 e. The first kappa shape index (κ1) is 15.0. The number of aryl methyl sites for hydroxylation is 2. The van der Waals surface area contributed by atoms with Crippen LogP contribution in [0.2, 0.25) is 0 Å². The van der Waals surface area contributed by atoms with E-state index in [2.05, 4.69) is 44.2 Å². The molecule has 24 heavy (non-hydrogen) atoms. The highest BCUT2D eigenvalue weighted by molar-refractivity contribution is 9.10. The van der Waals surface area contributed by atoms with E-state index in [0.29, 0.717) is 0 Å². The fourth-order valence-corrected chi connectivity index (χ4v) is 2.95. The van der Waals surface area contributed by atoms with E-state index in [9.17, 15) is 0 Å². The number of imidazole rings is 1. The molecule has 0 saturated carbocycles. The van der Waals surface area contributed by atoms with Crippen molar-refractivity contribution < 1.29 is 4.42 Å². The number of nitrogens with zero attached hydrogens (tertiary/aromatic N) is 3. The van der Waals surface area contributed by atoms with E-state index in [1.54, 1.807) is 12.4 Å². The van der Waals surface area contributed by atoms with Crippen LogP contribution in [0.3, 0.4) is 0 Å². The van der Waals surface area contributed by atoms with E-state index in [4.69, 9.17) is 4.42 Å². The van der Waals surface area contributed by atoms with Crippen LogP contribution in [0, 0.1) is 13.8 Å². The van der Waals surface area contributed by atoms with Gasteiger partial charge in [-0.25, -0.2) is 4.98 Å². The Hall–Kier alpha value is -2.60. The van der Waals surface area contributed by atoms with E-state index in [1.807, 2.05) is 41.8 Å². The third-order valence-corrected chi connectivity index (χ3v) is 4.69. The van der Waals surface area contributed by atoms with Crippen LogP contribution in [0.25, 0.3) is 17.1 Å². The molecule has 120 valence electrons. The zero-order valence-electron chi connectivity index (χ0n) is 13.2. The smallest absolute Gasteiger partial charge is 0.157 e. The molecule has 0 amide bonds. The summed E-state index contributed by atoms with van der Waals surface area (Å²) in [6.07, 6.45) is 5.35. The molecule has 0 radical (unpaired) electrons. The van der Waals surface area contributed by atoms with Gasteiger partial charge in [0.05, 0.1) is 6.20 Å². The first-order chi connectivity index (χ1) is 11.6. The molecule has 0 unspecified atom stereocenters. The maximum absolute atomic E-state index is 5.77. The molecule has 0 aliphatic heterocycles. The number of hydrogen-bond acceptors (Lipinski definition) is 4. The Morgan fingerprint density at radius 3 is 2.79 bits per heavy atom. The van der Waals surface area contributed by atoms with Crippen molar-refractivity contribution in [1.82, 2.24) is 14.4 Å². The number of fused-ring (bicyclic) bond motifs is 1. The minimum atomic E-state index is 0.727. The van der Waals surface area contributed by atoms with Crippen molar-refractivity contribution in [3.8, 4) is 11.5 Å². The fraction of sp³-hybridized carbons (Fsp3) is 0.111.